The number of nitrogens with zero attached hydrogens (tertiary/aromatic N) is 5. The number of benzene rings is 2. The lowest BCUT2D eigenvalue weighted by Gasteiger charge is -2.39. The number of hydrogen-bond acceptors (Lipinski definition) is 5. The lowest BCUT2D eigenvalue weighted by Crippen LogP contribution is -2.41. The molecule has 0 aliphatic carbocycles. The average molecular weight is 500 g/mol. The number of carboxylic acids is 1. The van der Waals surface area contributed by atoms with Crippen LogP contribution in [-0.4, -0.2) is 54.5 Å². The van der Waals surface area contributed by atoms with Crippen LogP contribution in [0.4, 0.5) is 4.39 Å². The van der Waals surface area contributed by atoms with E-state index in [1.54, 1.807) is 29.1 Å². The molecule has 1 fully saturated rings. The fourth-order valence-electron chi connectivity index (χ4n) is 5.67. The first-order valence-corrected chi connectivity index (χ1v) is 12.2. The summed E-state index contributed by atoms with van der Waals surface area (Å²) in [6.07, 6.45) is 2.15. The zero-order valence-corrected chi connectivity index (χ0v) is 20.6. The number of carboxylic acid groups (broad SMARTS) is 1. The molecule has 9 heteroatoms. The largest absolute Gasteiger partial charge is 0.478 e. The quantitative estimate of drug-likeness (QED) is 0.362. The van der Waals surface area contributed by atoms with Crippen LogP contribution in [0.3, 0.4) is 0 Å². The zero-order valence-electron chi connectivity index (χ0n) is 20.6. The molecular weight excluding hydrogens is 473 g/mol. The Morgan fingerprint density at radius 3 is 2.57 bits per heavy atom. The van der Waals surface area contributed by atoms with Gasteiger partial charge in [0.05, 0.1) is 39.5 Å². The zero-order chi connectivity index (χ0) is 25.7. The van der Waals surface area contributed by atoms with Gasteiger partial charge in [-0.15, -0.1) is 5.10 Å². The minimum absolute atomic E-state index is 0.128. The molecule has 188 valence electrons. The molecule has 3 aromatic heterocycles. The van der Waals surface area contributed by atoms with Crippen LogP contribution in [0.5, 0.6) is 0 Å². The van der Waals surface area contributed by atoms with Crippen molar-refractivity contribution in [3.8, 4) is 11.3 Å². The maximum absolute atomic E-state index is 17.2. The number of pyridine rings is 1. The molecule has 0 radical (unpaired) electrons. The number of fused-ring (bicyclic) bond motifs is 3. The Bertz CT molecular complexity index is 1620. The fraction of sp³-hybridized carbons (Fsp3) is 0.286. The van der Waals surface area contributed by atoms with E-state index in [1.807, 2.05) is 54.9 Å². The van der Waals surface area contributed by atoms with Crippen molar-refractivity contribution in [1.29, 1.82) is 0 Å². The van der Waals surface area contributed by atoms with Gasteiger partial charge >= 0.3 is 5.97 Å². The molecule has 0 spiro atoms. The van der Waals surface area contributed by atoms with E-state index < -0.39 is 17.7 Å². The van der Waals surface area contributed by atoms with Gasteiger partial charge in [0.2, 0.25) is 0 Å². The molecule has 1 saturated heterocycles. The summed E-state index contributed by atoms with van der Waals surface area (Å²) in [4.78, 5) is 16.7. The standard InChI is InChI=1S/C28H26FN5O3/c1-17-24(33(2)32-31-17)21-10-13-30-23-20-9-8-19(27(35)36)16-22(20)34(25(21)23)26(18-6-4-3-5-7-18)28(29)11-14-37-15-12-28/h3-10,13,16,26H,11-12,14-15H2,1-2H3,(H,35,36). The van der Waals surface area contributed by atoms with Crippen molar-refractivity contribution in [2.24, 2.45) is 7.05 Å². The molecule has 2 aromatic carbocycles. The van der Waals surface area contributed by atoms with Gasteiger partial charge in [0, 0.05) is 50.2 Å². The summed E-state index contributed by atoms with van der Waals surface area (Å²) in [6, 6.07) is 15.6. The minimum Gasteiger partial charge on any atom is -0.478 e. The summed E-state index contributed by atoms with van der Waals surface area (Å²) in [5.74, 6) is -1.05. The molecule has 1 N–H and O–H groups in total. The van der Waals surface area contributed by atoms with E-state index >= 15 is 4.39 Å². The highest BCUT2D eigenvalue weighted by Crippen LogP contribution is 2.46. The Kier molecular flexibility index (Phi) is 5.52. The van der Waals surface area contributed by atoms with E-state index in [0.717, 1.165) is 27.9 Å². The third kappa shape index (κ3) is 3.69. The monoisotopic (exact) mass is 499 g/mol. The van der Waals surface area contributed by atoms with Crippen molar-refractivity contribution in [1.82, 2.24) is 24.5 Å². The van der Waals surface area contributed by atoms with E-state index in [4.69, 9.17) is 9.72 Å². The maximum atomic E-state index is 17.2. The van der Waals surface area contributed by atoms with E-state index in [9.17, 15) is 9.90 Å². The Hall–Kier alpha value is -4.11. The third-order valence-electron chi connectivity index (χ3n) is 7.36. The van der Waals surface area contributed by atoms with Gasteiger partial charge in [0.15, 0.2) is 0 Å². The fourth-order valence-corrected chi connectivity index (χ4v) is 5.67. The number of aromatic nitrogens is 5. The number of aryl methyl sites for hydroxylation is 2. The third-order valence-corrected chi connectivity index (χ3v) is 7.36. The van der Waals surface area contributed by atoms with Crippen molar-refractivity contribution < 1.29 is 19.0 Å². The van der Waals surface area contributed by atoms with Crippen LogP contribution < -0.4 is 0 Å². The second kappa shape index (κ2) is 8.77. The van der Waals surface area contributed by atoms with Gasteiger partial charge in [0.1, 0.15) is 5.67 Å². The summed E-state index contributed by atoms with van der Waals surface area (Å²) in [5.41, 5.74) is 3.61. The number of alkyl halides is 1. The van der Waals surface area contributed by atoms with Crippen LogP contribution >= 0.6 is 0 Å². The highest BCUT2D eigenvalue weighted by atomic mass is 19.1. The van der Waals surface area contributed by atoms with Gasteiger partial charge < -0.3 is 14.4 Å². The highest BCUT2D eigenvalue weighted by Gasteiger charge is 2.44. The van der Waals surface area contributed by atoms with Gasteiger partial charge in [-0.25, -0.2) is 13.9 Å². The van der Waals surface area contributed by atoms with Gasteiger partial charge in [-0.2, -0.15) is 0 Å². The first kappa shape index (κ1) is 23.3. The van der Waals surface area contributed by atoms with Crippen LogP contribution in [0.2, 0.25) is 0 Å². The van der Waals surface area contributed by atoms with E-state index in [1.165, 1.54) is 0 Å². The molecule has 8 nitrogen and oxygen atoms in total. The summed E-state index contributed by atoms with van der Waals surface area (Å²) in [5, 5.41) is 19.0. The molecule has 0 saturated carbocycles. The predicted octanol–water partition coefficient (Wildman–Crippen LogP) is 5.10. The van der Waals surface area contributed by atoms with Crippen LogP contribution in [0.1, 0.15) is 40.5 Å². The Morgan fingerprint density at radius 1 is 1.14 bits per heavy atom. The first-order chi connectivity index (χ1) is 17.9. The lowest BCUT2D eigenvalue weighted by molar-refractivity contribution is -0.0283. The van der Waals surface area contributed by atoms with Crippen LogP contribution in [0, 0.1) is 6.92 Å². The van der Waals surface area contributed by atoms with Crippen molar-refractivity contribution in [2.45, 2.75) is 31.5 Å². The molecule has 0 amide bonds. The average Bonchev–Trinajstić information content (AvgIpc) is 3.41. The van der Waals surface area contributed by atoms with E-state index in [-0.39, 0.29) is 18.4 Å². The van der Waals surface area contributed by atoms with Crippen molar-refractivity contribution in [3.05, 3.63) is 77.6 Å². The number of hydrogen-bond donors (Lipinski definition) is 1. The SMILES string of the molecule is Cc1nnn(C)c1-c1ccnc2c3ccc(C(=O)O)cc3n(C(c3ccccc3)C3(F)CCOCC3)c12. The number of halogens is 1. The summed E-state index contributed by atoms with van der Waals surface area (Å²) >= 11 is 0. The topological polar surface area (TPSA) is 95.1 Å². The summed E-state index contributed by atoms with van der Waals surface area (Å²) in [7, 11) is 1.82. The van der Waals surface area contributed by atoms with Crippen molar-refractivity contribution >= 4 is 27.9 Å². The maximum Gasteiger partial charge on any atom is 0.335 e. The predicted molar refractivity (Wildman–Crippen MR) is 137 cm³/mol. The normalized spacial score (nSPS) is 16.3. The minimum atomic E-state index is -1.63. The highest BCUT2D eigenvalue weighted by molar-refractivity contribution is 6.11. The molecule has 6 rings (SSSR count). The second-order valence-electron chi connectivity index (χ2n) is 9.57. The van der Waals surface area contributed by atoms with Gasteiger partial charge in [-0.05, 0) is 36.8 Å². The molecule has 4 heterocycles. The van der Waals surface area contributed by atoms with Gasteiger partial charge in [-0.1, -0.05) is 35.5 Å². The van der Waals surface area contributed by atoms with Crippen molar-refractivity contribution in [2.75, 3.05) is 13.2 Å². The lowest BCUT2D eigenvalue weighted by atomic mass is 9.83. The Labute approximate surface area is 212 Å². The van der Waals surface area contributed by atoms with Gasteiger partial charge in [0.25, 0.3) is 0 Å². The first-order valence-electron chi connectivity index (χ1n) is 12.2. The van der Waals surface area contributed by atoms with E-state index in [2.05, 4.69) is 10.3 Å². The molecular formula is C28H26FN5O3. The Morgan fingerprint density at radius 2 is 1.89 bits per heavy atom. The Balaban J connectivity index is 1.79. The number of aromatic carboxylic acids is 1. The number of rotatable bonds is 5. The number of ether oxygens (including phenoxy) is 1. The number of carbonyl (C=O) groups is 1. The molecule has 1 aliphatic heterocycles. The molecule has 1 aliphatic rings. The van der Waals surface area contributed by atoms with Crippen molar-refractivity contribution in [3.63, 3.8) is 0 Å². The molecule has 0 bridgehead atoms. The van der Waals surface area contributed by atoms with Crippen LogP contribution in [0.25, 0.3) is 33.2 Å². The van der Waals surface area contributed by atoms with Gasteiger partial charge in [-0.3, -0.25) is 4.98 Å². The summed E-state index contributed by atoms with van der Waals surface area (Å²) in [6.45, 7) is 2.51. The summed E-state index contributed by atoms with van der Waals surface area (Å²) < 4.78 is 26.4. The van der Waals surface area contributed by atoms with Crippen LogP contribution in [0.15, 0.2) is 60.8 Å². The smallest absolute Gasteiger partial charge is 0.335 e. The molecule has 5 aromatic rings. The molecule has 37 heavy (non-hydrogen) atoms. The molecule has 1 atom stereocenters. The second-order valence-corrected chi connectivity index (χ2v) is 9.57. The molecule has 1 unspecified atom stereocenters. The van der Waals surface area contributed by atoms with Crippen LogP contribution in [-0.2, 0) is 11.8 Å². The van der Waals surface area contributed by atoms with E-state index in [0.29, 0.717) is 29.8 Å².